The highest BCUT2D eigenvalue weighted by Gasteiger charge is 2.29. The Labute approximate surface area is 241 Å². The average Bonchev–Trinajstić information content (AvgIpc) is 3.35. The molecule has 0 radical (unpaired) electrons. The maximum Gasteiger partial charge on any atom is 0.679 e. The Morgan fingerprint density at radius 1 is 1.07 bits per heavy atom. The van der Waals surface area contributed by atoms with Gasteiger partial charge in [0.1, 0.15) is 6.61 Å². The van der Waals surface area contributed by atoms with Crippen molar-refractivity contribution in [1.29, 1.82) is 0 Å². The normalized spacial score (nSPS) is 15.5. The number of aliphatic imine (C=N–C) groups is 1. The third-order valence-electron chi connectivity index (χ3n) is 7.31. The van der Waals surface area contributed by atoms with Gasteiger partial charge in [-0.1, -0.05) is 41.6 Å². The molecule has 3 N–H and O–H groups in total. The van der Waals surface area contributed by atoms with Gasteiger partial charge in [0, 0.05) is 29.4 Å². The second-order valence-corrected chi connectivity index (χ2v) is 10.2. The lowest BCUT2D eigenvalue weighted by molar-refractivity contribution is -0.118. The first-order valence-electron chi connectivity index (χ1n) is 13.6. The minimum Gasteiger partial charge on any atom is -0.387 e. The standard InChI is InChI=1S/C30H28BF2N7O2/c1-19-4-2-3-5-22(19)16-34-27-15-13-26(40(27)31(32)33)30(21-8-10-23(11-9-21)35-29(42)18-41)24-12-14-28(36-24)39-17-25(37-38-39)20-6-7-20/h2-5,8-15,17,20,34,41H,6-7,16,18H2,1H3,(H,35,42)/b30-24-. The summed E-state index contributed by atoms with van der Waals surface area (Å²) in [5.41, 5.74) is 5.29. The van der Waals surface area contributed by atoms with E-state index in [-0.39, 0.29) is 11.5 Å². The summed E-state index contributed by atoms with van der Waals surface area (Å²) in [5, 5.41) is 23.3. The molecule has 42 heavy (non-hydrogen) atoms. The highest BCUT2D eigenvalue weighted by molar-refractivity contribution is 6.42. The molecule has 3 heterocycles. The summed E-state index contributed by atoms with van der Waals surface area (Å²) >= 11 is 0. The number of aliphatic hydroxyl groups is 1. The molecule has 212 valence electrons. The quantitative estimate of drug-likeness (QED) is 0.251. The summed E-state index contributed by atoms with van der Waals surface area (Å²) in [5.74, 6) is 0.676. The van der Waals surface area contributed by atoms with E-state index in [0.717, 1.165) is 34.1 Å². The number of carbonyl (C=O) groups excluding carboxylic acids is 1. The number of nitrogens with zero attached hydrogens (tertiary/aromatic N) is 5. The third kappa shape index (κ3) is 5.66. The van der Waals surface area contributed by atoms with Crippen molar-refractivity contribution in [2.75, 3.05) is 17.2 Å². The summed E-state index contributed by atoms with van der Waals surface area (Å²) in [7, 11) is -2.83. The number of nitrogens with one attached hydrogen (secondary N) is 2. The third-order valence-corrected chi connectivity index (χ3v) is 7.31. The Morgan fingerprint density at radius 2 is 1.86 bits per heavy atom. The minimum absolute atomic E-state index is 0.268. The number of hydrogen-bond donors (Lipinski definition) is 3. The molecule has 0 unspecified atom stereocenters. The summed E-state index contributed by atoms with van der Waals surface area (Å²) in [6, 6.07) is 17.8. The van der Waals surface area contributed by atoms with E-state index >= 15 is 0 Å². The molecule has 12 heteroatoms. The first-order valence-corrected chi connectivity index (χ1v) is 13.6. The van der Waals surface area contributed by atoms with Gasteiger partial charge in [-0.15, -0.1) is 5.10 Å². The Bertz CT molecular complexity index is 1720. The lowest BCUT2D eigenvalue weighted by Crippen LogP contribution is -2.19. The molecular weight excluding hydrogens is 539 g/mol. The molecule has 1 aliphatic heterocycles. The first-order chi connectivity index (χ1) is 20.4. The number of hydrogen-bond acceptors (Lipinski definition) is 6. The topological polar surface area (TPSA) is 109 Å². The monoisotopic (exact) mass is 567 g/mol. The molecule has 9 nitrogen and oxygen atoms in total. The minimum atomic E-state index is -2.83. The van der Waals surface area contributed by atoms with E-state index < -0.39 is 19.9 Å². The van der Waals surface area contributed by atoms with E-state index in [9.17, 15) is 13.4 Å². The fraction of sp³-hybridized carbons (Fsp3) is 0.200. The lowest BCUT2D eigenvalue weighted by Gasteiger charge is -2.16. The Morgan fingerprint density at radius 3 is 2.57 bits per heavy atom. The average molecular weight is 567 g/mol. The molecule has 4 aromatic rings. The van der Waals surface area contributed by atoms with Crippen LogP contribution in [-0.2, 0) is 11.3 Å². The fourth-order valence-electron chi connectivity index (χ4n) is 4.92. The highest BCUT2D eigenvalue weighted by atomic mass is 19.2. The summed E-state index contributed by atoms with van der Waals surface area (Å²) in [4.78, 5) is 16.4. The number of anilines is 2. The molecule has 0 spiro atoms. The van der Waals surface area contributed by atoms with E-state index in [4.69, 9.17) is 10.1 Å². The van der Waals surface area contributed by atoms with Gasteiger partial charge in [0.15, 0.2) is 5.84 Å². The number of allylic oxidation sites excluding steroid dienone is 2. The van der Waals surface area contributed by atoms with Crippen molar-refractivity contribution in [2.45, 2.75) is 32.2 Å². The van der Waals surface area contributed by atoms with Gasteiger partial charge in [-0.25, -0.2) is 9.67 Å². The van der Waals surface area contributed by atoms with Gasteiger partial charge in [0.2, 0.25) is 5.91 Å². The van der Waals surface area contributed by atoms with Crippen molar-refractivity contribution >= 4 is 36.2 Å². The summed E-state index contributed by atoms with van der Waals surface area (Å²) in [6.45, 7) is 1.71. The molecule has 6 rings (SSSR count). The van der Waals surface area contributed by atoms with Gasteiger partial charge in [-0.2, -0.15) is 0 Å². The van der Waals surface area contributed by atoms with E-state index in [0.29, 0.717) is 40.8 Å². The second kappa shape index (κ2) is 11.6. The molecule has 0 atom stereocenters. The highest BCUT2D eigenvalue weighted by Crippen LogP contribution is 2.39. The van der Waals surface area contributed by atoms with Gasteiger partial charge in [-0.05, 0) is 72.9 Å². The molecule has 1 fully saturated rings. The predicted octanol–water partition coefficient (Wildman–Crippen LogP) is 4.86. The maximum atomic E-state index is 14.7. The lowest BCUT2D eigenvalue weighted by atomic mass is 9.98. The van der Waals surface area contributed by atoms with Crippen molar-refractivity contribution in [3.8, 4) is 0 Å². The van der Waals surface area contributed by atoms with Gasteiger partial charge in [0.05, 0.1) is 23.4 Å². The zero-order valence-corrected chi connectivity index (χ0v) is 22.8. The van der Waals surface area contributed by atoms with Crippen molar-refractivity contribution in [3.05, 3.63) is 113 Å². The molecule has 1 aliphatic carbocycles. The number of aryl methyl sites for hydroxylation is 1. The van der Waals surface area contributed by atoms with E-state index in [1.165, 1.54) is 0 Å². The van der Waals surface area contributed by atoms with Crippen LogP contribution in [0.3, 0.4) is 0 Å². The van der Waals surface area contributed by atoms with Crippen LogP contribution in [0.5, 0.6) is 0 Å². The Hall–Kier alpha value is -4.84. The van der Waals surface area contributed by atoms with Crippen LogP contribution >= 0.6 is 0 Å². The Balaban J connectivity index is 1.41. The van der Waals surface area contributed by atoms with Crippen LogP contribution in [0.4, 0.5) is 20.1 Å². The SMILES string of the molecule is Cc1ccccc1CNc1ccc(/C(=C2/C=CC(n3cc(C4CC4)nn3)=N2)c2ccc(NC(=O)CO)cc2)n1B(F)F. The van der Waals surface area contributed by atoms with Crippen molar-refractivity contribution in [1.82, 2.24) is 19.5 Å². The smallest absolute Gasteiger partial charge is 0.387 e. The molecule has 0 bridgehead atoms. The first kappa shape index (κ1) is 27.3. The van der Waals surface area contributed by atoms with Crippen LogP contribution in [0, 0.1) is 6.92 Å². The van der Waals surface area contributed by atoms with Gasteiger partial charge in [0.25, 0.3) is 0 Å². The zero-order chi connectivity index (χ0) is 29.2. The van der Waals surface area contributed by atoms with Gasteiger partial charge < -0.3 is 20.2 Å². The summed E-state index contributed by atoms with van der Waals surface area (Å²) in [6.07, 6.45) is 7.60. The molecular formula is C30H28BF2N7O2. The zero-order valence-electron chi connectivity index (χ0n) is 22.8. The number of aromatic nitrogens is 4. The van der Waals surface area contributed by atoms with Crippen LogP contribution < -0.4 is 10.6 Å². The van der Waals surface area contributed by atoms with Crippen LogP contribution in [0.2, 0.25) is 0 Å². The van der Waals surface area contributed by atoms with Gasteiger partial charge in [-0.3, -0.25) is 13.4 Å². The fourth-order valence-corrected chi connectivity index (χ4v) is 4.92. The molecule has 0 saturated heterocycles. The number of halogens is 2. The van der Waals surface area contributed by atoms with E-state index in [1.807, 2.05) is 37.4 Å². The molecule has 2 aromatic heterocycles. The molecule has 2 aromatic carbocycles. The molecule has 2 aliphatic rings. The van der Waals surface area contributed by atoms with Crippen LogP contribution in [0.1, 0.15) is 46.8 Å². The number of benzene rings is 2. The number of rotatable bonds is 9. The second-order valence-electron chi connectivity index (χ2n) is 10.2. The Kier molecular flexibility index (Phi) is 7.53. The van der Waals surface area contributed by atoms with Gasteiger partial charge >= 0.3 is 7.40 Å². The van der Waals surface area contributed by atoms with E-state index in [2.05, 4.69) is 20.9 Å². The number of amides is 1. The number of carbonyl (C=O) groups is 1. The summed E-state index contributed by atoms with van der Waals surface area (Å²) < 4.78 is 32.0. The van der Waals surface area contributed by atoms with Crippen molar-refractivity contribution in [2.24, 2.45) is 4.99 Å². The van der Waals surface area contributed by atoms with E-state index in [1.54, 1.807) is 53.2 Å². The van der Waals surface area contributed by atoms with Crippen molar-refractivity contribution in [3.63, 3.8) is 0 Å². The van der Waals surface area contributed by atoms with Crippen LogP contribution in [0.25, 0.3) is 5.57 Å². The van der Waals surface area contributed by atoms with Crippen LogP contribution in [0.15, 0.2) is 89.7 Å². The molecule has 1 amide bonds. The van der Waals surface area contributed by atoms with Crippen LogP contribution in [-0.4, -0.2) is 50.3 Å². The maximum absolute atomic E-state index is 14.7. The largest absolute Gasteiger partial charge is 0.679 e. The molecule has 1 saturated carbocycles. The van der Waals surface area contributed by atoms with Crippen molar-refractivity contribution < 1.29 is 18.5 Å². The predicted molar refractivity (Wildman–Crippen MR) is 158 cm³/mol. The number of aliphatic hydroxyl groups excluding tert-OH is 1.